The van der Waals surface area contributed by atoms with E-state index in [1.54, 1.807) is 13.0 Å². The number of rotatable bonds is 12. The number of unbranched alkanes of at least 4 members (excludes halogenated alkanes) is 5. The van der Waals surface area contributed by atoms with Crippen LogP contribution in [0.2, 0.25) is 0 Å². The number of carboxylic acid groups (broad SMARTS) is 1. The van der Waals surface area contributed by atoms with E-state index in [1.807, 2.05) is 24.3 Å². The smallest absolute Gasteiger partial charge is 0.326 e. The average Bonchev–Trinajstić information content (AvgIpc) is 2.97. The molecule has 1 heterocycles. The topological polar surface area (TPSA) is 66.8 Å². The van der Waals surface area contributed by atoms with Gasteiger partial charge < -0.3 is 9.84 Å². The Morgan fingerprint density at radius 3 is 2.45 bits per heavy atom. The summed E-state index contributed by atoms with van der Waals surface area (Å²) in [5.74, 6) is -0.588. The predicted molar refractivity (Wildman–Crippen MR) is 122 cm³/mol. The molecule has 1 unspecified atom stereocenters. The van der Waals surface area contributed by atoms with Crippen LogP contribution >= 0.6 is 24.0 Å². The van der Waals surface area contributed by atoms with Crippen molar-refractivity contribution in [3.8, 4) is 5.75 Å². The number of nitrogens with zero attached hydrogens (tertiary/aromatic N) is 1. The maximum absolute atomic E-state index is 12.6. The van der Waals surface area contributed by atoms with Gasteiger partial charge in [-0.25, -0.2) is 4.79 Å². The zero-order valence-electron chi connectivity index (χ0n) is 17.1. The Balaban J connectivity index is 1.90. The van der Waals surface area contributed by atoms with E-state index in [1.165, 1.54) is 37.0 Å². The first-order valence-electron chi connectivity index (χ1n) is 10.2. The van der Waals surface area contributed by atoms with Gasteiger partial charge in [0.15, 0.2) is 0 Å². The number of carboxylic acids is 1. The standard InChI is InChI=1S/C22H29NO4S2/c1-3-5-6-7-8-9-14-27-17-12-10-16(11-13-17)15-19-20(24)23(22(28)29-19)18(4-2)21(25)26/h10-13,15,18H,3-9,14H2,1-2H3,(H,25,26)/b19-15+. The molecule has 5 nitrogen and oxygen atoms in total. The summed E-state index contributed by atoms with van der Waals surface area (Å²) in [5.41, 5.74) is 0.848. The van der Waals surface area contributed by atoms with Crippen molar-refractivity contribution < 1.29 is 19.4 Å². The Hall–Kier alpha value is -1.86. The van der Waals surface area contributed by atoms with Crippen molar-refractivity contribution in [3.63, 3.8) is 0 Å². The molecule has 7 heteroatoms. The van der Waals surface area contributed by atoms with E-state index in [2.05, 4.69) is 6.92 Å². The van der Waals surface area contributed by atoms with Crippen molar-refractivity contribution in [2.75, 3.05) is 6.61 Å². The number of amides is 1. The first-order valence-corrected chi connectivity index (χ1v) is 11.4. The average molecular weight is 436 g/mol. The van der Waals surface area contributed by atoms with Gasteiger partial charge >= 0.3 is 5.97 Å². The van der Waals surface area contributed by atoms with E-state index in [4.69, 9.17) is 17.0 Å². The third-order valence-electron chi connectivity index (χ3n) is 4.75. The number of thioether (sulfide) groups is 1. The molecule has 1 atom stereocenters. The fourth-order valence-corrected chi connectivity index (χ4v) is 4.46. The summed E-state index contributed by atoms with van der Waals surface area (Å²) >= 11 is 6.37. The van der Waals surface area contributed by atoms with Crippen LogP contribution in [0.4, 0.5) is 0 Å². The zero-order chi connectivity index (χ0) is 21.2. The van der Waals surface area contributed by atoms with Gasteiger partial charge in [0, 0.05) is 0 Å². The Kier molecular flexibility index (Phi) is 9.67. The molecule has 1 aliphatic heterocycles. The molecule has 0 bridgehead atoms. The largest absolute Gasteiger partial charge is 0.494 e. The Labute approximate surface area is 182 Å². The molecule has 0 aliphatic carbocycles. The Morgan fingerprint density at radius 2 is 1.83 bits per heavy atom. The first-order chi connectivity index (χ1) is 14.0. The van der Waals surface area contributed by atoms with E-state index in [9.17, 15) is 14.7 Å². The quantitative estimate of drug-likeness (QED) is 0.266. The van der Waals surface area contributed by atoms with Gasteiger partial charge in [0.25, 0.3) is 5.91 Å². The van der Waals surface area contributed by atoms with Crippen LogP contribution in [0.5, 0.6) is 5.75 Å². The molecule has 1 fully saturated rings. The summed E-state index contributed by atoms with van der Waals surface area (Å²) in [7, 11) is 0. The van der Waals surface area contributed by atoms with Crippen LogP contribution in [-0.2, 0) is 9.59 Å². The molecule has 1 aromatic carbocycles. The highest BCUT2D eigenvalue weighted by molar-refractivity contribution is 8.26. The van der Waals surface area contributed by atoms with Gasteiger partial charge in [-0.15, -0.1) is 0 Å². The molecule has 1 amide bonds. The van der Waals surface area contributed by atoms with Gasteiger partial charge in [-0.1, -0.05) is 82.1 Å². The van der Waals surface area contributed by atoms with Crippen LogP contribution in [0.25, 0.3) is 6.08 Å². The molecule has 1 saturated heterocycles. The third-order valence-corrected chi connectivity index (χ3v) is 6.08. The van der Waals surface area contributed by atoms with Crippen molar-refractivity contribution >= 4 is 46.3 Å². The molecular weight excluding hydrogens is 406 g/mol. The van der Waals surface area contributed by atoms with Crippen LogP contribution in [0, 0.1) is 0 Å². The number of ether oxygens (including phenoxy) is 1. The van der Waals surface area contributed by atoms with E-state index < -0.39 is 12.0 Å². The van der Waals surface area contributed by atoms with Crippen LogP contribution in [0.1, 0.15) is 64.4 Å². The summed E-state index contributed by atoms with van der Waals surface area (Å²) in [5, 5.41) is 9.32. The number of carbonyl (C=O) groups excluding carboxylic acids is 1. The first kappa shape index (κ1) is 23.4. The Morgan fingerprint density at radius 1 is 1.17 bits per heavy atom. The maximum Gasteiger partial charge on any atom is 0.326 e. The predicted octanol–water partition coefficient (Wildman–Crippen LogP) is 5.49. The van der Waals surface area contributed by atoms with Gasteiger partial charge in [-0.2, -0.15) is 0 Å². The maximum atomic E-state index is 12.6. The highest BCUT2D eigenvalue weighted by Gasteiger charge is 2.39. The second-order valence-corrected chi connectivity index (χ2v) is 8.68. The third kappa shape index (κ3) is 6.85. The minimum Gasteiger partial charge on any atom is -0.494 e. The summed E-state index contributed by atoms with van der Waals surface area (Å²) in [6.07, 6.45) is 9.40. The molecule has 2 rings (SSSR count). The van der Waals surface area contributed by atoms with Gasteiger partial charge in [0.2, 0.25) is 0 Å². The van der Waals surface area contributed by atoms with Gasteiger partial charge in [0.1, 0.15) is 16.1 Å². The lowest BCUT2D eigenvalue weighted by atomic mass is 10.1. The molecule has 0 radical (unpaired) electrons. The normalized spacial score (nSPS) is 16.5. The van der Waals surface area contributed by atoms with Crippen molar-refractivity contribution in [3.05, 3.63) is 34.7 Å². The molecule has 0 aromatic heterocycles. The lowest BCUT2D eigenvalue weighted by Gasteiger charge is -2.21. The molecule has 1 aliphatic rings. The fourth-order valence-electron chi connectivity index (χ4n) is 3.10. The zero-order valence-corrected chi connectivity index (χ0v) is 18.7. The van der Waals surface area contributed by atoms with Crippen LogP contribution in [0.3, 0.4) is 0 Å². The SMILES string of the molecule is CCCCCCCCOc1ccc(/C=C2/SC(=S)N(C(CC)C(=O)O)C2=O)cc1. The van der Waals surface area contributed by atoms with Crippen LogP contribution in [-0.4, -0.2) is 38.9 Å². The van der Waals surface area contributed by atoms with Crippen LogP contribution in [0.15, 0.2) is 29.2 Å². The molecule has 29 heavy (non-hydrogen) atoms. The molecule has 1 aromatic rings. The van der Waals surface area contributed by atoms with Crippen LogP contribution < -0.4 is 4.74 Å². The van der Waals surface area contributed by atoms with E-state index in [0.29, 0.717) is 17.9 Å². The minimum atomic E-state index is -1.04. The van der Waals surface area contributed by atoms with Gasteiger partial charge in [0.05, 0.1) is 11.5 Å². The number of thiocarbonyl (C=S) groups is 1. The molecule has 1 N–H and O–H groups in total. The second-order valence-electron chi connectivity index (χ2n) is 7.00. The lowest BCUT2D eigenvalue weighted by Crippen LogP contribution is -2.43. The van der Waals surface area contributed by atoms with Crippen molar-refractivity contribution in [2.24, 2.45) is 0 Å². The number of carbonyl (C=O) groups is 2. The minimum absolute atomic E-state index is 0.286. The number of aliphatic carboxylic acids is 1. The summed E-state index contributed by atoms with van der Waals surface area (Å²) in [6.45, 7) is 4.65. The number of benzene rings is 1. The van der Waals surface area contributed by atoms with Crippen molar-refractivity contribution in [1.29, 1.82) is 0 Å². The molecule has 158 valence electrons. The monoisotopic (exact) mass is 435 g/mol. The fraction of sp³-hybridized carbons (Fsp3) is 0.500. The second kappa shape index (κ2) is 12.0. The van der Waals surface area contributed by atoms with Gasteiger partial charge in [-0.3, -0.25) is 9.69 Å². The summed E-state index contributed by atoms with van der Waals surface area (Å²) in [4.78, 5) is 25.7. The molecule has 0 spiro atoms. The number of hydrogen-bond acceptors (Lipinski definition) is 5. The highest BCUT2D eigenvalue weighted by Crippen LogP contribution is 2.34. The Bertz CT molecular complexity index is 746. The summed E-state index contributed by atoms with van der Waals surface area (Å²) < 4.78 is 6.06. The number of hydrogen-bond donors (Lipinski definition) is 1. The van der Waals surface area contributed by atoms with Gasteiger partial charge in [-0.05, 0) is 36.6 Å². The van der Waals surface area contributed by atoms with E-state index in [0.717, 1.165) is 29.5 Å². The lowest BCUT2D eigenvalue weighted by molar-refractivity contribution is -0.145. The highest BCUT2D eigenvalue weighted by atomic mass is 32.2. The molecule has 0 saturated carbocycles. The molecular formula is C22H29NO4S2. The van der Waals surface area contributed by atoms with Crippen molar-refractivity contribution in [1.82, 2.24) is 4.90 Å². The summed E-state index contributed by atoms with van der Waals surface area (Å²) in [6, 6.07) is 6.62. The van der Waals surface area contributed by atoms with Crippen molar-refractivity contribution in [2.45, 2.75) is 64.8 Å². The van der Waals surface area contributed by atoms with E-state index in [-0.39, 0.29) is 10.2 Å². The van der Waals surface area contributed by atoms with E-state index >= 15 is 0 Å².